The molecule has 0 aliphatic carbocycles. The summed E-state index contributed by atoms with van der Waals surface area (Å²) in [7, 11) is 0. The van der Waals surface area contributed by atoms with Crippen LogP contribution in [0.15, 0.2) is 12.3 Å². The van der Waals surface area contributed by atoms with E-state index in [-0.39, 0.29) is 30.0 Å². The Balaban J connectivity index is 2.85. The van der Waals surface area contributed by atoms with Gasteiger partial charge in [0.05, 0.1) is 24.3 Å². The SMILES string of the molecule is CCOC(=O)Cc1nccc(C=O)c1O. The second-order valence-corrected chi connectivity index (χ2v) is 2.80. The Morgan fingerprint density at radius 1 is 1.67 bits per heavy atom. The molecule has 1 N–H and O–H groups in total. The molecule has 0 bridgehead atoms. The number of aromatic hydroxyl groups is 1. The van der Waals surface area contributed by atoms with Gasteiger partial charge in [-0.15, -0.1) is 0 Å². The van der Waals surface area contributed by atoms with Gasteiger partial charge in [-0.25, -0.2) is 0 Å². The van der Waals surface area contributed by atoms with Gasteiger partial charge < -0.3 is 9.84 Å². The fourth-order valence-electron chi connectivity index (χ4n) is 1.09. The molecule has 0 unspecified atom stereocenters. The van der Waals surface area contributed by atoms with E-state index in [0.29, 0.717) is 6.29 Å². The molecule has 0 fully saturated rings. The lowest BCUT2D eigenvalue weighted by Gasteiger charge is -2.04. The summed E-state index contributed by atoms with van der Waals surface area (Å²) in [5.74, 6) is -0.746. The summed E-state index contributed by atoms with van der Waals surface area (Å²) in [6, 6.07) is 1.37. The molecular formula is C10H11NO4. The van der Waals surface area contributed by atoms with Crippen LogP contribution in [0.5, 0.6) is 5.75 Å². The van der Waals surface area contributed by atoms with Crippen LogP contribution < -0.4 is 0 Å². The van der Waals surface area contributed by atoms with Crippen LogP contribution in [0.1, 0.15) is 23.0 Å². The molecule has 1 aromatic rings. The van der Waals surface area contributed by atoms with E-state index in [0.717, 1.165) is 0 Å². The van der Waals surface area contributed by atoms with Crippen LogP contribution in [-0.2, 0) is 16.0 Å². The zero-order chi connectivity index (χ0) is 11.3. The number of hydrogen-bond donors (Lipinski definition) is 1. The largest absolute Gasteiger partial charge is 0.505 e. The van der Waals surface area contributed by atoms with E-state index in [2.05, 4.69) is 4.98 Å². The van der Waals surface area contributed by atoms with Crippen LogP contribution in [0.4, 0.5) is 0 Å². The number of pyridine rings is 1. The number of carbonyl (C=O) groups excluding carboxylic acids is 2. The molecule has 1 aromatic heterocycles. The summed E-state index contributed by atoms with van der Waals surface area (Å²) >= 11 is 0. The summed E-state index contributed by atoms with van der Waals surface area (Å²) in [5, 5.41) is 9.50. The predicted molar refractivity (Wildman–Crippen MR) is 51.6 cm³/mol. The molecule has 80 valence electrons. The van der Waals surface area contributed by atoms with Crippen LogP contribution >= 0.6 is 0 Å². The molecule has 0 aromatic carbocycles. The molecule has 1 heterocycles. The van der Waals surface area contributed by atoms with Gasteiger partial charge in [-0.1, -0.05) is 0 Å². The van der Waals surface area contributed by atoms with Crippen molar-refractivity contribution in [3.8, 4) is 5.75 Å². The van der Waals surface area contributed by atoms with Crippen LogP contribution in [0.3, 0.4) is 0 Å². The molecule has 0 saturated heterocycles. The van der Waals surface area contributed by atoms with Crippen LogP contribution in [-0.4, -0.2) is 29.0 Å². The molecule has 15 heavy (non-hydrogen) atoms. The molecule has 0 aliphatic rings. The highest BCUT2D eigenvalue weighted by atomic mass is 16.5. The van der Waals surface area contributed by atoms with E-state index >= 15 is 0 Å². The van der Waals surface area contributed by atoms with Gasteiger partial charge in [0.2, 0.25) is 0 Å². The number of carbonyl (C=O) groups is 2. The molecule has 5 heteroatoms. The molecule has 1 rings (SSSR count). The third kappa shape index (κ3) is 2.77. The molecule has 0 atom stereocenters. The highest BCUT2D eigenvalue weighted by Crippen LogP contribution is 2.18. The minimum absolute atomic E-state index is 0.115. The summed E-state index contributed by atoms with van der Waals surface area (Å²) in [6.07, 6.45) is 1.73. The average molecular weight is 209 g/mol. The van der Waals surface area contributed by atoms with Crippen molar-refractivity contribution < 1.29 is 19.4 Å². The molecule has 0 spiro atoms. The van der Waals surface area contributed by atoms with E-state index in [9.17, 15) is 14.7 Å². The van der Waals surface area contributed by atoms with Crippen molar-refractivity contribution in [1.82, 2.24) is 4.98 Å². The maximum atomic E-state index is 11.1. The molecule has 5 nitrogen and oxygen atoms in total. The third-order valence-electron chi connectivity index (χ3n) is 1.78. The second-order valence-electron chi connectivity index (χ2n) is 2.80. The molecular weight excluding hydrogens is 198 g/mol. The first-order valence-corrected chi connectivity index (χ1v) is 4.46. The molecule has 0 aliphatic heterocycles. The van der Waals surface area contributed by atoms with E-state index in [1.807, 2.05) is 0 Å². The highest BCUT2D eigenvalue weighted by Gasteiger charge is 2.12. The Morgan fingerprint density at radius 2 is 2.40 bits per heavy atom. The van der Waals surface area contributed by atoms with Gasteiger partial charge in [0, 0.05) is 6.20 Å². The fraction of sp³-hybridized carbons (Fsp3) is 0.300. The van der Waals surface area contributed by atoms with Crippen molar-refractivity contribution in [1.29, 1.82) is 0 Å². The lowest BCUT2D eigenvalue weighted by molar-refractivity contribution is -0.142. The smallest absolute Gasteiger partial charge is 0.312 e. The number of hydrogen-bond acceptors (Lipinski definition) is 5. The number of aromatic nitrogens is 1. The number of esters is 1. The minimum Gasteiger partial charge on any atom is -0.505 e. The van der Waals surface area contributed by atoms with Gasteiger partial charge in [-0.05, 0) is 13.0 Å². The quantitative estimate of drug-likeness (QED) is 0.583. The lowest BCUT2D eigenvalue weighted by Crippen LogP contribution is -2.09. The van der Waals surface area contributed by atoms with Gasteiger partial charge >= 0.3 is 5.97 Å². The topological polar surface area (TPSA) is 76.5 Å². The first-order valence-electron chi connectivity index (χ1n) is 4.46. The monoisotopic (exact) mass is 209 g/mol. The van der Waals surface area contributed by atoms with Gasteiger partial charge in [0.1, 0.15) is 5.75 Å². The second kappa shape index (κ2) is 5.09. The van der Waals surface area contributed by atoms with E-state index < -0.39 is 5.97 Å². The Hall–Kier alpha value is -1.91. The Labute approximate surface area is 86.7 Å². The van der Waals surface area contributed by atoms with Crippen LogP contribution in [0.25, 0.3) is 0 Å². The fourth-order valence-corrected chi connectivity index (χ4v) is 1.09. The van der Waals surface area contributed by atoms with Gasteiger partial charge in [-0.3, -0.25) is 14.6 Å². The van der Waals surface area contributed by atoms with Crippen molar-refractivity contribution in [3.63, 3.8) is 0 Å². The zero-order valence-corrected chi connectivity index (χ0v) is 8.27. The summed E-state index contributed by atoms with van der Waals surface area (Å²) in [4.78, 5) is 25.4. The van der Waals surface area contributed by atoms with Gasteiger partial charge in [0.15, 0.2) is 6.29 Å². The Bertz CT molecular complexity index is 376. The standard InChI is InChI=1S/C10H11NO4/c1-2-15-9(13)5-8-10(14)7(6-12)3-4-11-8/h3-4,6,14H,2,5H2,1H3. The van der Waals surface area contributed by atoms with Crippen molar-refractivity contribution >= 4 is 12.3 Å². The number of ether oxygens (including phenoxy) is 1. The number of aldehydes is 1. The van der Waals surface area contributed by atoms with E-state index in [1.165, 1.54) is 12.3 Å². The van der Waals surface area contributed by atoms with E-state index in [1.54, 1.807) is 6.92 Å². The molecule has 0 saturated carbocycles. The summed E-state index contributed by atoms with van der Waals surface area (Å²) < 4.78 is 4.70. The molecule has 0 amide bonds. The maximum absolute atomic E-state index is 11.1. The predicted octanol–water partition coefficient (Wildman–Crippen LogP) is 0.705. The van der Waals surface area contributed by atoms with Crippen molar-refractivity contribution in [2.24, 2.45) is 0 Å². The average Bonchev–Trinajstić information content (AvgIpc) is 2.21. The van der Waals surface area contributed by atoms with E-state index in [4.69, 9.17) is 4.74 Å². The van der Waals surface area contributed by atoms with Gasteiger partial charge in [-0.2, -0.15) is 0 Å². The van der Waals surface area contributed by atoms with Gasteiger partial charge in [0.25, 0.3) is 0 Å². The van der Waals surface area contributed by atoms with Crippen LogP contribution in [0.2, 0.25) is 0 Å². The first-order chi connectivity index (χ1) is 7.19. The summed E-state index contributed by atoms with van der Waals surface area (Å²) in [6.45, 7) is 1.96. The van der Waals surface area contributed by atoms with Crippen molar-refractivity contribution in [2.45, 2.75) is 13.3 Å². The third-order valence-corrected chi connectivity index (χ3v) is 1.78. The Kier molecular flexibility index (Phi) is 3.79. The lowest BCUT2D eigenvalue weighted by atomic mass is 10.2. The first kappa shape index (κ1) is 11.2. The van der Waals surface area contributed by atoms with Crippen molar-refractivity contribution in [2.75, 3.05) is 6.61 Å². The molecule has 0 radical (unpaired) electrons. The highest BCUT2D eigenvalue weighted by molar-refractivity contribution is 5.81. The van der Waals surface area contributed by atoms with Crippen molar-refractivity contribution in [3.05, 3.63) is 23.5 Å². The van der Waals surface area contributed by atoms with Crippen LogP contribution in [0, 0.1) is 0 Å². The zero-order valence-electron chi connectivity index (χ0n) is 8.27. The normalized spacial score (nSPS) is 9.67. The number of nitrogens with zero attached hydrogens (tertiary/aromatic N) is 1. The Morgan fingerprint density at radius 3 is 3.00 bits per heavy atom. The maximum Gasteiger partial charge on any atom is 0.312 e. The minimum atomic E-state index is -0.483. The number of rotatable bonds is 4. The summed E-state index contributed by atoms with van der Waals surface area (Å²) in [5.41, 5.74) is 0.266.